The Morgan fingerprint density at radius 2 is 1.82 bits per heavy atom. The second-order valence-electron chi connectivity index (χ2n) is 5.40. The molecule has 3 rings (SSSR count). The lowest BCUT2D eigenvalue weighted by Crippen LogP contribution is -2.33. The number of benzene rings is 3. The summed E-state index contributed by atoms with van der Waals surface area (Å²) >= 11 is 0. The van der Waals surface area contributed by atoms with Crippen molar-refractivity contribution in [1.82, 2.24) is 0 Å². The highest BCUT2D eigenvalue weighted by atomic mass is 19.1. The van der Waals surface area contributed by atoms with Crippen LogP contribution in [0.3, 0.4) is 0 Å². The molecule has 0 bridgehead atoms. The molecule has 0 aromatic heterocycles. The number of halogens is 1. The number of carbonyl (C=O) groups excluding carboxylic acids is 1. The molecule has 3 aromatic carbocycles. The van der Waals surface area contributed by atoms with Crippen LogP contribution in [0.25, 0.3) is 21.5 Å². The van der Waals surface area contributed by atoms with Crippen LogP contribution in [0.15, 0.2) is 48.5 Å². The Morgan fingerprint density at radius 3 is 2.55 bits per heavy atom. The fourth-order valence-corrected chi connectivity index (χ4v) is 2.79. The molecule has 112 valence electrons. The van der Waals surface area contributed by atoms with Crippen LogP contribution < -0.4 is 0 Å². The molecule has 0 amide bonds. The third-order valence-corrected chi connectivity index (χ3v) is 3.95. The second kappa shape index (κ2) is 5.07. The van der Waals surface area contributed by atoms with E-state index in [2.05, 4.69) is 4.74 Å². The van der Waals surface area contributed by atoms with Gasteiger partial charge >= 0.3 is 5.97 Å². The molecule has 3 aromatic rings. The average Bonchev–Trinajstić information content (AvgIpc) is 2.53. The van der Waals surface area contributed by atoms with Crippen LogP contribution in [-0.4, -0.2) is 18.2 Å². The number of carbonyl (C=O) groups is 1. The molecule has 0 aliphatic rings. The SMILES string of the molecule is COC(=O)C(C)(O)c1cccc2c1ccc1ccc(F)cc12. The minimum Gasteiger partial charge on any atom is -0.467 e. The number of hydrogen-bond donors (Lipinski definition) is 1. The summed E-state index contributed by atoms with van der Waals surface area (Å²) in [5, 5.41) is 13.6. The van der Waals surface area contributed by atoms with Gasteiger partial charge in [0.15, 0.2) is 5.60 Å². The lowest BCUT2D eigenvalue weighted by Gasteiger charge is -2.22. The zero-order chi connectivity index (χ0) is 15.9. The Balaban J connectivity index is 2.37. The summed E-state index contributed by atoms with van der Waals surface area (Å²) < 4.78 is 18.2. The fraction of sp³-hybridized carbons (Fsp3) is 0.167. The van der Waals surface area contributed by atoms with Crippen molar-refractivity contribution in [3.8, 4) is 0 Å². The van der Waals surface area contributed by atoms with Crippen LogP contribution in [-0.2, 0) is 15.1 Å². The molecule has 0 heterocycles. The number of fused-ring (bicyclic) bond motifs is 3. The monoisotopic (exact) mass is 298 g/mol. The molecule has 0 fully saturated rings. The van der Waals surface area contributed by atoms with Gasteiger partial charge in [-0.15, -0.1) is 0 Å². The van der Waals surface area contributed by atoms with E-state index in [0.29, 0.717) is 10.9 Å². The van der Waals surface area contributed by atoms with Crippen LogP contribution in [0, 0.1) is 5.82 Å². The third kappa shape index (κ3) is 2.12. The van der Waals surface area contributed by atoms with Crippen molar-refractivity contribution < 1.29 is 19.0 Å². The topological polar surface area (TPSA) is 46.5 Å². The minimum atomic E-state index is -1.77. The van der Waals surface area contributed by atoms with E-state index < -0.39 is 11.6 Å². The highest BCUT2D eigenvalue weighted by molar-refractivity contribution is 6.09. The zero-order valence-electron chi connectivity index (χ0n) is 12.3. The second-order valence-corrected chi connectivity index (χ2v) is 5.40. The minimum absolute atomic E-state index is 0.329. The van der Waals surface area contributed by atoms with Gasteiger partial charge in [-0.2, -0.15) is 0 Å². The standard InChI is InChI=1S/C18H15FO3/c1-18(21,17(20)22-2)16-5-3-4-13-14(16)9-7-11-6-8-12(19)10-15(11)13/h3-10,21H,1-2H3. The summed E-state index contributed by atoms with van der Waals surface area (Å²) in [5.74, 6) is -1.07. The highest BCUT2D eigenvalue weighted by Gasteiger charge is 2.35. The summed E-state index contributed by atoms with van der Waals surface area (Å²) in [6.07, 6.45) is 0. The van der Waals surface area contributed by atoms with Crippen LogP contribution >= 0.6 is 0 Å². The van der Waals surface area contributed by atoms with Crippen molar-refractivity contribution in [2.45, 2.75) is 12.5 Å². The molecule has 1 atom stereocenters. The van der Waals surface area contributed by atoms with Crippen molar-refractivity contribution in [2.24, 2.45) is 0 Å². The molecule has 4 heteroatoms. The lowest BCUT2D eigenvalue weighted by atomic mass is 9.89. The van der Waals surface area contributed by atoms with E-state index in [9.17, 15) is 14.3 Å². The Bertz CT molecular complexity index is 884. The van der Waals surface area contributed by atoms with Crippen LogP contribution in [0.5, 0.6) is 0 Å². The molecule has 0 saturated heterocycles. The zero-order valence-corrected chi connectivity index (χ0v) is 12.3. The molecule has 1 unspecified atom stereocenters. The quantitative estimate of drug-likeness (QED) is 0.581. The van der Waals surface area contributed by atoms with Crippen molar-refractivity contribution in [1.29, 1.82) is 0 Å². The fourth-order valence-electron chi connectivity index (χ4n) is 2.79. The van der Waals surface area contributed by atoms with Crippen LogP contribution in [0.2, 0.25) is 0 Å². The normalized spacial score (nSPS) is 14.0. The Morgan fingerprint density at radius 1 is 1.09 bits per heavy atom. The molecule has 0 radical (unpaired) electrons. The number of ether oxygens (including phenoxy) is 1. The Labute approximate surface area is 126 Å². The van der Waals surface area contributed by atoms with Crippen molar-refractivity contribution in [2.75, 3.05) is 7.11 Å². The van der Waals surface area contributed by atoms with Gasteiger partial charge in [-0.05, 0) is 40.6 Å². The first kappa shape index (κ1) is 14.5. The van der Waals surface area contributed by atoms with Gasteiger partial charge in [0.1, 0.15) is 5.82 Å². The van der Waals surface area contributed by atoms with Gasteiger partial charge in [0.25, 0.3) is 0 Å². The lowest BCUT2D eigenvalue weighted by molar-refractivity contribution is -0.161. The summed E-state index contributed by atoms with van der Waals surface area (Å²) in [4.78, 5) is 11.9. The van der Waals surface area contributed by atoms with E-state index in [1.807, 2.05) is 18.2 Å². The third-order valence-electron chi connectivity index (χ3n) is 3.95. The first-order chi connectivity index (χ1) is 10.4. The molecular weight excluding hydrogens is 283 g/mol. The van der Waals surface area contributed by atoms with Gasteiger partial charge < -0.3 is 9.84 Å². The predicted octanol–water partition coefficient (Wildman–Crippen LogP) is 3.51. The molecule has 0 aliphatic heterocycles. The number of esters is 1. The van der Waals surface area contributed by atoms with Gasteiger partial charge in [0.2, 0.25) is 0 Å². The molecular formula is C18H15FO3. The van der Waals surface area contributed by atoms with Gasteiger partial charge in [0.05, 0.1) is 7.11 Å². The maximum Gasteiger partial charge on any atom is 0.342 e. The molecule has 22 heavy (non-hydrogen) atoms. The Kier molecular flexibility index (Phi) is 3.34. The molecule has 3 nitrogen and oxygen atoms in total. The van der Waals surface area contributed by atoms with Crippen molar-refractivity contribution >= 4 is 27.5 Å². The van der Waals surface area contributed by atoms with E-state index in [1.165, 1.54) is 26.2 Å². The summed E-state index contributed by atoms with van der Waals surface area (Å²) in [7, 11) is 1.23. The maximum atomic E-state index is 13.6. The molecule has 0 aliphatic carbocycles. The van der Waals surface area contributed by atoms with E-state index in [-0.39, 0.29) is 5.82 Å². The van der Waals surface area contributed by atoms with E-state index in [0.717, 1.165) is 16.2 Å². The highest BCUT2D eigenvalue weighted by Crippen LogP contribution is 2.33. The summed E-state index contributed by atoms with van der Waals surface area (Å²) in [5.41, 5.74) is -1.34. The first-order valence-electron chi connectivity index (χ1n) is 6.87. The van der Waals surface area contributed by atoms with Gasteiger partial charge in [0, 0.05) is 5.56 Å². The molecule has 0 saturated carbocycles. The molecule has 0 spiro atoms. The van der Waals surface area contributed by atoms with Crippen molar-refractivity contribution in [3.63, 3.8) is 0 Å². The van der Waals surface area contributed by atoms with E-state index in [4.69, 9.17) is 0 Å². The van der Waals surface area contributed by atoms with E-state index >= 15 is 0 Å². The number of rotatable bonds is 2. The number of aliphatic hydroxyl groups is 1. The largest absolute Gasteiger partial charge is 0.467 e. The number of hydrogen-bond acceptors (Lipinski definition) is 3. The van der Waals surface area contributed by atoms with Crippen molar-refractivity contribution in [3.05, 3.63) is 59.9 Å². The smallest absolute Gasteiger partial charge is 0.342 e. The van der Waals surface area contributed by atoms with Crippen LogP contribution in [0.1, 0.15) is 12.5 Å². The summed E-state index contributed by atoms with van der Waals surface area (Å²) in [6.45, 7) is 1.39. The summed E-state index contributed by atoms with van der Waals surface area (Å²) in [6, 6.07) is 13.5. The Hall–Kier alpha value is -2.46. The predicted molar refractivity (Wildman–Crippen MR) is 83.0 cm³/mol. The van der Waals surface area contributed by atoms with Gasteiger partial charge in [-0.1, -0.05) is 36.4 Å². The van der Waals surface area contributed by atoms with Gasteiger partial charge in [-0.3, -0.25) is 0 Å². The average molecular weight is 298 g/mol. The van der Waals surface area contributed by atoms with Crippen LogP contribution in [0.4, 0.5) is 4.39 Å². The molecule has 1 N–H and O–H groups in total. The first-order valence-corrected chi connectivity index (χ1v) is 6.87. The number of methoxy groups -OCH3 is 1. The van der Waals surface area contributed by atoms with Gasteiger partial charge in [-0.25, -0.2) is 9.18 Å². The van der Waals surface area contributed by atoms with E-state index in [1.54, 1.807) is 18.2 Å². The maximum absolute atomic E-state index is 13.6.